The van der Waals surface area contributed by atoms with Gasteiger partial charge < -0.3 is 5.32 Å². The Labute approximate surface area is 83.5 Å². The Kier molecular flexibility index (Phi) is 2.23. The van der Waals surface area contributed by atoms with Gasteiger partial charge in [0.05, 0.1) is 17.8 Å². The highest BCUT2D eigenvalue weighted by molar-refractivity contribution is 5.97. The van der Waals surface area contributed by atoms with E-state index in [1.807, 2.05) is 12.3 Å². The molecular formula is C11H14N2O. The fraction of sp³-hybridized carbons (Fsp3) is 0.455. The molecule has 2 heterocycles. The molecule has 0 saturated carbocycles. The van der Waals surface area contributed by atoms with Gasteiger partial charge >= 0.3 is 0 Å². The molecule has 3 heteroatoms. The van der Waals surface area contributed by atoms with Crippen LogP contribution in [0.4, 0.5) is 0 Å². The Morgan fingerprint density at radius 2 is 2.36 bits per heavy atom. The predicted octanol–water partition coefficient (Wildman–Crippen LogP) is 1.52. The molecule has 1 aliphatic rings. The van der Waals surface area contributed by atoms with Gasteiger partial charge in [0.25, 0.3) is 5.91 Å². The Hall–Kier alpha value is -1.38. The van der Waals surface area contributed by atoms with Gasteiger partial charge in [-0.05, 0) is 24.0 Å². The zero-order chi connectivity index (χ0) is 10.1. The Morgan fingerprint density at radius 1 is 1.57 bits per heavy atom. The first-order valence-corrected chi connectivity index (χ1v) is 4.93. The number of fused-ring (bicyclic) bond motifs is 1. The zero-order valence-electron chi connectivity index (χ0n) is 8.50. The summed E-state index contributed by atoms with van der Waals surface area (Å²) >= 11 is 0. The maximum absolute atomic E-state index is 11.4. The van der Waals surface area contributed by atoms with Gasteiger partial charge in [0.15, 0.2) is 0 Å². The van der Waals surface area contributed by atoms with Gasteiger partial charge in [-0.3, -0.25) is 9.78 Å². The molecule has 14 heavy (non-hydrogen) atoms. The molecule has 0 unspecified atom stereocenters. The normalized spacial score (nSPS) is 14.4. The number of nitrogens with one attached hydrogen (secondary N) is 1. The monoisotopic (exact) mass is 190 g/mol. The molecule has 2 rings (SSSR count). The third-order valence-electron chi connectivity index (χ3n) is 2.33. The van der Waals surface area contributed by atoms with Crippen molar-refractivity contribution in [3.63, 3.8) is 0 Å². The average Bonchev–Trinajstić information content (AvgIpc) is 2.47. The van der Waals surface area contributed by atoms with Crippen molar-refractivity contribution in [1.29, 1.82) is 0 Å². The molecule has 1 aromatic rings. The van der Waals surface area contributed by atoms with Crippen molar-refractivity contribution in [3.05, 3.63) is 29.1 Å². The minimum Gasteiger partial charge on any atom is -0.346 e. The molecule has 0 aliphatic carbocycles. The average molecular weight is 190 g/mol. The molecule has 1 aromatic heterocycles. The number of aromatic nitrogens is 1. The van der Waals surface area contributed by atoms with Crippen molar-refractivity contribution in [1.82, 2.24) is 10.3 Å². The van der Waals surface area contributed by atoms with E-state index in [-0.39, 0.29) is 5.91 Å². The van der Waals surface area contributed by atoms with E-state index >= 15 is 0 Å². The zero-order valence-corrected chi connectivity index (χ0v) is 8.50. The van der Waals surface area contributed by atoms with Gasteiger partial charge in [0.2, 0.25) is 0 Å². The van der Waals surface area contributed by atoms with Gasteiger partial charge in [0.1, 0.15) is 0 Å². The molecule has 0 spiro atoms. The molecule has 1 amide bonds. The Morgan fingerprint density at radius 3 is 3.07 bits per heavy atom. The number of hydrogen-bond donors (Lipinski definition) is 1. The van der Waals surface area contributed by atoms with Gasteiger partial charge in [-0.2, -0.15) is 0 Å². The fourth-order valence-corrected chi connectivity index (χ4v) is 1.72. The largest absolute Gasteiger partial charge is 0.346 e. The summed E-state index contributed by atoms with van der Waals surface area (Å²) < 4.78 is 0. The second-order valence-corrected chi connectivity index (χ2v) is 4.12. The maximum atomic E-state index is 11.4. The first-order chi connectivity index (χ1) is 6.66. The van der Waals surface area contributed by atoms with Crippen molar-refractivity contribution in [3.8, 4) is 0 Å². The van der Waals surface area contributed by atoms with Gasteiger partial charge in [-0.1, -0.05) is 13.8 Å². The highest BCUT2D eigenvalue weighted by atomic mass is 16.1. The number of pyridine rings is 1. The second kappa shape index (κ2) is 3.40. The van der Waals surface area contributed by atoms with E-state index in [2.05, 4.69) is 24.1 Å². The number of nitrogens with zero attached hydrogens (tertiary/aromatic N) is 1. The third kappa shape index (κ3) is 1.62. The van der Waals surface area contributed by atoms with E-state index in [0.29, 0.717) is 12.5 Å². The van der Waals surface area contributed by atoms with Gasteiger partial charge in [-0.15, -0.1) is 0 Å². The van der Waals surface area contributed by atoms with E-state index < -0.39 is 0 Å². The summed E-state index contributed by atoms with van der Waals surface area (Å²) in [6.07, 6.45) is 2.85. The molecule has 1 N–H and O–H groups in total. The van der Waals surface area contributed by atoms with Crippen molar-refractivity contribution in [2.75, 3.05) is 0 Å². The minimum atomic E-state index is 0.0121. The molecule has 0 saturated heterocycles. The van der Waals surface area contributed by atoms with Crippen LogP contribution in [0.5, 0.6) is 0 Å². The number of rotatable bonds is 2. The highest BCUT2D eigenvalue weighted by Gasteiger charge is 2.20. The fourth-order valence-electron chi connectivity index (χ4n) is 1.72. The lowest BCUT2D eigenvalue weighted by atomic mass is 10.0. The maximum Gasteiger partial charge on any atom is 0.253 e. The number of carbonyl (C=O) groups excluding carboxylic acids is 1. The van der Waals surface area contributed by atoms with Crippen LogP contribution in [0.15, 0.2) is 12.3 Å². The van der Waals surface area contributed by atoms with Crippen molar-refractivity contribution < 1.29 is 4.79 Å². The standard InChI is InChI=1S/C11H14N2O/c1-7(2)3-8-4-9-10(12-5-8)6-13-11(9)14/h4-5,7H,3,6H2,1-2H3,(H,13,14). The van der Waals surface area contributed by atoms with Crippen LogP contribution in [0.3, 0.4) is 0 Å². The molecule has 0 bridgehead atoms. The van der Waals surface area contributed by atoms with Gasteiger partial charge in [0, 0.05) is 6.20 Å². The topological polar surface area (TPSA) is 42.0 Å². The Balaban J connectivity index is 2.30. The van der Waals surface area contributed by atoms with E-state index in [0.717, 1.165) is 23.2 Å². The van der Waals surface area contributed by atoms with Crippen LogP contribution in [0.1, 0.15) is 35.5 Å². The number of amides is 1. The summed E-state index contributed by atoms with van der Waals surface area (Å²) in [6.45, 7) is 4.90. The van der Waals surface area contributed by atoms with E-state index in [9.17, 15) is 4.79 Å². The van der Waals surface area contributed by atoms with Crippen LogP contribution < -0.4 is 5.32 Å². The molecule has 1 aliphatic heterocycles. The Bertz CT molecular complexity index is 372. The predicted molar refractivity (Wildman–Crippen MR) is 53.9 cm³/mol. The summed E-state index contributed by atoms with van der Waals surface area (Å²) in [5.41, 5.74) is 2.78. The summed E-state index contributed by atoms with van der Waals surface area (Å²) in [5, 5.41) is 2.76. The smallest absolute Gasteiger partial charge is 0.253 e. The van der Waals surface area contributed by atoms with E-state index in [1.54, 1.807) is 0 Å². The van der Waals surface area contributed by atoms with Crippen LogP contribution in [-0.4, -0.2) is 10.9 Å². The number of carbonyl (C=O) groups is 1. The van der Waals surface area contributed by atoms with E-state index in [4.69, 9.17) is 0 Å². The SMILES string of the molecule is CC(C)Cc1cnc2c(c1)C(=O)NC2. The van der Waals surface area contributed by atoms with Crippen LogP contribution in [-0.2, 0) is 13.0 Å². The molecule has 0 atom stereocenters. The lowest BCUT2D eigenvalue weighted by Crippen LogP contribution is -2.12. The molecule has 3 nitrogen and oxygen atoms in total. The summed E-state index contributed by atoms with van der Waals surface area (Å²) in [6, 6.07) is 1.96. The van der Waals surface area contributed by atoms with Crippen molar-refractivity contribution >= 4 is 5.91 Å². The molecule has 0 fully saturated rings. The first-order valence-electron chi connectivity index (χ1n) is 4.93. The van der Waals surface area contributed by atoms with E-state index in [1.165, 1.54) is 0 Å². The van der Waals surface area contributed by atoms with Gasteiger partial charge in [-0.25, -0.2) is 0 Å². The number of hydrogen-bond acceptors (Lipinski definition) is 2. The highest BCUT2D eigenvalue weighted by Crippen LogP contribution is 2.16. The summed E-state index contributed by atoms with van der Waals surface area (Å²) in [4.78, 5) is 15.6. The van der Waals surface area contributed by atoms with Crippen LogP contribution in [0.25, 0.3) is 0 Å². The minimum absolute atomic E-state index is 0.0121. The quantitative estimate of drug-likeness (QED) is 0.768. The van der Waals surface area contributed by atoms with Crippen LogP contribution in [0, 0.1) is 5.92 Å². The molecular weight excluding hydrogens is 176 g/mol. The first kappa shape index (κ1) is 9.19. The molecule has 0 radical (unpaired) electrons. The molecule has 0 aromatic carbocycles. The van der Waals surface area contributed by atoms with Crippen molar-refractivity contribution in [2.45, 2.75) is 26.8 Å². The summed E-state index contributed by atoms with van der Waals surface area (Å²) in [5.74, 6) is 0.609. The molecule has 74 valence electrons. The third-order valence-corrected chi connectivity index (χ3v) is 2.33. The lowest BCUT2D eigenvalue weighted by molar-refractivity contribution is 0.0965. The van der Waals surface area contributed by atoms with Crippen LogP contribution in [0.2, 0.25) is 0 Å². The lowest BCUT2D eigenvalue weighted by Gasteiger charge is -2.05. The van der Waals surface area contributed by atoms with Crippen molar-refractivity contribution in [2.24, 2.45) is 5.92 Å². The summed E-state index contributed by atoms with van der Waals surface area (Å²) in [7, 11) is 0. The second-order valence-electron chi connectivity index (χ2n) is 4.12. The van der Waals surface area contributed by atoms with Crippen LogP contribution >= 0.6 is 0 Å².